The van der Waals surface area contributed by atoms with Gasteiger partial charge < -0.3 is 19.8 Å². The van der Waals surface area contributed by atoms with Crippen molar-refractivity contribution >= 4 is 27.6 Å². The summed E-state index contributed by atoms with van der Waals surface area (Å²) in [6.45, 7) is 0.0722. The molecular weight excluding hydrogens is 352 g/mol. The molecule has 1 heterocycles. The lowest BCUT2D eigenvalue weighted by Gasteiger charge is -2.06. The molecule has 0 bridgehead atoms. The maximum absolute atomic E-state index is 12.0. The summed E-state index contributed by atoms with van der Waals surface area (Å²) < 4.78 is 10.8. The Bertz CT molecular complexity index is 652. The molecule has 7 heteroatoms. The Hall–Kier alpha value is -2.12. The number of rotatable bonds is 7. The summed E-state index contributed by atoms with van der Waals surface area (Å²) in [6, 6.07) is 8.28. The Morgan fingerprint density at radius 3 is 2.59 bits per heavy atom. The number of Topliss-reactive ketones (excluding diaryl/α,β-unsaturated/α-hetero) is 1. The van der Waals surface area contributed by atoms with E-state index in [1.54, 1.807) is 36.5 Å². The lowest BCUT2D eigenvalue weighted by atomic mass is 10.1. The van der Waals surface area contributed by atoms with E-state index in [-0.39, 0.29) is 25.0 Å². The normalized spacial score (nSPS) is 10.3. The van der Waals surface area contributed by atoms with E-state index in [4.69, 9.17) is 9.47 Å². The minimum Gasteiger partial charge on any atom is -0.468 e. The van der Waals surface area contributed by atoms with Crippen LogP contribution in [0.4, 0.5) is 0 Å². The Kier molecular flexibility index (Phi) is 5.74. The first-order valence-corrected chi connectivity index (χ1v) is 7.26. The van der Waals surface area contributed by atoms with Crippen molar-refractivity contribution < 1.29 is 19.1 Å². The molecule has 0 saturated heterocycles. The lowest BCUT2D eigenvalue weighted by molar-refractivity contribution is 0.0511. The number of hydrogen-bond acceptors (Lipinski definition) is 4. The fourth-order valence-electron chi connectivity index (χ4n) is 1.72. The van der Waals surface area contributed by atoms with Gasteiger partial charge in [0.1, 0.15) is 11.4 Å². The van der Waals surface area contributed by atoms with Crippen LogP contribution in [-0.2, 0) is 4.74 Å². The first-order valence-electron chi connectivity index (χ1n) is 6.47. The van der Waals surface area contributed by atoms with Gasteiger partial charge in [0.2, 0.25) is 0 Å². The van der Waals surface area contributed by atoms with E-state index in [1.165, 1.54) is 7.11 Å². The number of halogens is 1. The number of hydrogen-bond donors (Lipinski definition) is 2. The highest BCUT2D eigenvalue weighted by molar-refractivity contribution is 9.10. The van der Waals surface area contributed by atoms with Gasteiger partial charge in [-0.3, -0.25) is 9.59 Å². The van der Waals surface area contributed by atoms with Crippen molar-refractivity contribution in [3.8, 4) is 5.75 Å². The Labute approximate surface area is 135 Å². The minimum absolute atomic E-state index is 0.0756. The molecular formula is C15H15BrN2O4. The number of ether oxygens (including phenoxy) is 2. The summed E-state index contributed by atoms with van der Waals surface area (Å²) in [5.41, 5.74) is 0.890. The van der Waals surface area contributed by atoms with Crippen LogP contribution in [0.5, 0.6) is 5.75 Å². The monoisotopic (exact) mass is 366 g/mol. The third-order valence-electron chi connectivity index (χ3n) is 2.82. The van der Waals surface area contributed by atoms with Crippen LogP contribution in [0.2, 0.25) is 0 Å². The SMILES string of the molecule is COCOc1ccc(C(=O)CNC(=O)c2cc(Br)c[nH]2)cc1. The van der Waals surface area contributed by atoms with Crippen LogP contribution >= 0.6 is 15.9 Å². The summed E-state index contributed by atoms with van der Waals surface area (Å²) in [4.78, 5) is 26.6. The van der Waals surface area contributed by atoms with Crippen molar-refractivity contribution in [3.05, 3.63) is 52.3 Å². The number of amides is 1. The van der Waals surface area contributed by atoms with Crippen molar-refractivity contribution in [2.45, 2.75) is 0 Å². The van der Waals surface area contributed by atoms with Crippen LogP contribution in [0.3, 0.4) is 0 Å². The van der Waals surface area contributed by atoms with Gasteiger partial charge in [-0.15, -0.1) is 0 Å². The summed E-state index contributed by atoms with van der Waals surface area (Å²) in [5, 5.41) is 2.57. The molecule has 1 aromatic heterocycles. The summed E-state index contributed by atoms with van der Waals surface area (Å²) in [7, 11) is 1.53. The minimum atomic E-state index is -0.334. The Balaban J connectivity index is 1.88. The second-order valence-electron chi connectivity index (χ2n) is 4.41. The van der Waals surface area contributed by atoms with Gasteiger partial charge in [0, 0.05) is 23.3 Å². The predicted octanol–water partition coefficient (Wildman–Crippen LogP) is 2.37. The number of benzene rings is 1. The van der Waals surface area contributed by atoms with Crippen molar-refractivity contribution in [3.63, 3.8) is 0 Å². The molecule has 116 valence electrons. The number of aromatic nitrogens is 1. The zero-order valence-corrected chi connectivity index (χ0v) is 13.5. The summed E-state index contributed by atoms with van der Waals surface area (Å²) in [5.74, 6) is 0.0926. The van der Waals surface area contributed by atoms with Crippen LogP contribution in [0, 0.1) is 0 Å². The fourth-order valence-corrected chi connectivity index (χ4v) is 2.06. The maximum Gasteiger partial charge on any atom is 0.268 e. The van der Waals surface area contributed by atoms with Crippen molar-refractivity contribution in [2.75, 3.05) is 20.4 Å². The van der Waals surface area contributed by atoms with E-state index in [2.05, 4.69) is 26.2 Å². The predicted molar refractivity (Wildman–Crippen MR) is 84.1 cm³/mol. The molecule has 0 atom stereocenters. The number of carbonyl (C=O) groups is 2. The van der Waals surface area contributed by atoms with Gasteiger partial charge in [0.05, 0.1) is 6.54 Å². The zero-order chi connectivity index (χ0) is 15.9. The van der Waals surface area contributed by atoms with Crippen molar-refractivity contribution in [1.82, 2.24) is 10.3 Å². The number of aromatic amines is 1. The van der Waals surface area contributed by atoms with E-state index < -0.39 is 0 Å². The molecule has 0 aliphatic heterocycles. The molecule has 2 N–H and O–H groups in total. The molecule has 0 aliphatic carbocycles. The highest BCUT2D eigenvalue weighted by Crippen LogP contribution is 2.13. The van der Waals surface area contributed by atoms with Crippen molar-refractivity contribution in [2.24, 2.45) is 0 Å². The largest absolute Gasteiger partial charge is 0.468 e. The van der Waals surface area contributed by atoms with Crippen LogP contribution in [0.15, 0.2) is 41.0 Å². The third-order valence-corrected chi connectivity index (χ3v) is 3.28. The van der Waals surface area contributed by atoms with Gasteiger partial charge in [-0.1, -0.05) is 0 Å². The molecule has 2 aromatic rings. The lowest BCUT2D eigenvalue weighted by Crippen LogP contribution is -2.29. The third kappa shape index (κ3) is 4.44. The molecule has 1 aromatic carbocycles. The van der Waals surface area contributed by atoms with Gasteiger partial charge in [-0.2, -0.15) is 0 Å². The van der Waals surface area contributed by atoms with Crippen LogP contribution < -0.4 is 10.1 Å². The van der Waals surface area contributed by atoms with E-state index >= 15 is 0 Å². The van der Waals surface area contributed by atoms with Crippen LogP contribution in [0.25, 0.3) is 0 Å². The zero-order valence-electron chi connectivity index (χ0n) is 11.9. The van der Waals surface area contributed by atoms with E-state index in [9.17, 15) is 9.59 Å². The van der Waals surface area contributed by atoms with Crippen LogP contribution in [0.1, 0.15) is 20.8 Å². The summed E-state index contributed by atoms with van der Waals surface area (Å²) in [6.07, 6.45) is 1.65. The van der Waals surface area contributed by atoms with Gasteiger partial charge in [-0.05, 0) is 46.3 Å². The molecule has 22 heavy (non-hydrogen) atoms. The maximum atomic E-state index is 12.0. The average Bonchev–Trinajstić information content (AvgIpc) is 2.97. The van der Waals surface area contributed by atoms with Gasteiger partial charge in [0.25, 0.3) is 5.91 Å². The molecule has 2 rings (SSSR count). The molecule has 0 fully saturated rings. The summed E-state index contributed by atoms with van der Waals surface area (Å²) >= 11 is 3.24. The molecule has 0 unspecified atom stereocenters. The quantitative estimate of drug-likeness (QED) is 0.582. The fraction of sp³-hybridized carbons (Fsp3) is 0.200. The topological polar surface area (TPSA) is 80.4 Å². The molecule has 6 nitrogen and oxygen atoms in total. The number of carbonyl (C=O) groups excluding carboxylic acids is 2. The van der Waals surface area contributed by atoms with Crippen molar-refractivity contribution in [1.29, 1.82) is 0 Å². The van der Waals surface area contributed by atoms with Gasteiger partial charge >= 0.3 is 0 Å². The number of H-pyrrole nitrogens is 1. The highest BCUT2D eigenvalue weighted by Gasteiger charge is 2.11. The van der Waals surface area contributed by atoms with Gasteiger partial charge in [0.15, 0.2) is 12.6 Å². The van der Waals surface area contributed by atoms with E-state index in [0.29, 0.717) is 17.0 Å². The molecule has 0 radical (unpaired) electrons. The Morgan fingerprint density at radius 2 is 2.00 bits per heavy atom. The second kappa shape index (κ2) is 7.77. The first-order chi connectivity index (χ1) is 10.6. The molecule has 1 amide bonds. The number of nitrogens with one attached hydrogen (secondary N) is 2. The van der Waals surface area contributed by atoms with Crippen LogP contribution in [-0.4, -0.2) is 37.1 Å². The Morgan fingerprint density at radius 1 is 1.27 bits per heavy atom. The number of ketones is 1. The molecule has 0 aliphatic rings. The molecule has 0 spiro atoms. The standard InChI is InChI=1S/C15H15BrN2O4/c1-21-9-22-12-4-2-10(3-5-12)14(19)8-18-15(20)13-6-11(16)7-17-13/h2-7,17H,8-9H2,1H3,(H,18,20). The smallest absolute Gasteiger partial charge is 0.268 e. The number of methoxy groups -OCH3 is 1. The molecule has 0 saturated carbocycles. The second-order valence-corrected chi connectivity index (χ2v) is 5.33. The average molecular weight is 367 g/mol. The highest BCUT2D eigenvalue weighted by atomic mass is 79.9. The van der Waals surface area contributed by atoms with E-state index in [1.807, 2.05) is 0 Å². The van der Waals surface area contributed by atoms with Gasteiger partial charge in [-0.25, -0.2) is 0 Å². The van der Waals surface area contributed by atoms with E-state index in [0.717, 1.165) is 4.47 Å². The first kappa shape index (κ1) is 16.3.